The third-order valence-electron chi connectivity index (χ3n) is 8.15. The first-order chi connectivity index (χ1) is 23.1. The summed E-state index contributed by atoms with van der Waals surface area (Å²) in [7, 11) is 0. The molecule has 20 nitrogen and oxygen atoms in total. The summed E-state index contributed by atoms with van der Waals surface area (Å²) >= 11 is 8.31. The van der Waals surface area contributed by atoms with Gasteiger partial charge in [0.2, 0.25) is 0 Å². The third-order valence-corrected chi connectivity index (χ3v) is 11.4. The molecular formula is C24H28N10O10P2S2. The summed E-state index contributed by atoms with van der Waals surface area (Å²) < 4.78 is 65.3. The van der Waals surface area contributed by atoms with Gasteiger partial charge in [0.15, 0.2) is 46.4 Å². The number of hydrogen-bond donors (Lipinski definition) is 6. The summed E-state index contributed by atoms with van der Waals surface area (Å²) in [6, 6.07) is 0. The van der Waals surface area contributed by atoms with E-state index >= 15 is 0 Å². The van der Waals surface area contributed by atoms with Crippen LogP contribution in [0.5, 0.6) is 0 Å². The van der Waals surface area contributed by atoms with E-state index in [4.69, 9.17) is 27.6 Å². The lowest BCUT2D eigenvalue weighted by Gasteiger charge is -2.26. The molecule has 0 radical (unpaired) electrons. The Morgan fingerprint density at radius 2 is 1.15 bits per heavy atom. The lowest BCUT2D eigenvalue weighted by Crippen LogP contribution is -2.37. The molecule has 9 heterocycles. The van der Waals surface area contributed by atoms with E-state index in [0.717, 1.165) is 0 Å². The largest absolute Gasteiger partial charge is 0.387 e. The maximum absolute atomic E-state index is 13.6. The van der Waals surface area contributed by atoms with Gasteiger partial charge in [0.1, 0.15) is 49.3 Å². The van der Waals surface area contributed by atoms with Gasteiger partial charge in [0.05, 0.1) is 25.9 Å². The number of aliphatic hydroxyl groups is 2. The molecule has 3 fully saturated rings. The van der Waals surface area contributed by atoms with E-state index in [9.17, 15) is 19.3 Å². The number of rotatable bonds is 0. The molecule has 14 bridgehead atoms. The summed E-state index contributed by atoms with van der Waals surface area (Å²) in [5, 5.41) is 29.1. The van der Waals surface area contributed by atoms with Crippen molar-refractivity contribution in [3.8, 4) is 0 Å². The highest BCUT2D eigenvalue weighted by Crippen LogP contribution is 2.60. The van der Waals surface area contributed by atoms with E-state index in [-0.39, 0.29) is 0 Å². The number of fused-ring (bicyclic) bond motifs is 10. The van der Waals surface area contributed by atoms with Gasteiger partial charge < -0.3 is 30.3 Å². The van der Waals surface area contributed by atoms with Gasteiger partial charge in [0.25, 0.3) is 0 Å². The van der Waals surface area contributed by atoms with Gasteiger partial charge in [-0.25, -0.2) is 39.0 Å². The van der Waals surface area contributed by atoms with Crippen molar-refractivity contribution in [2.45, 2.75) is 49.1 Å². The molecule has 10 atom stereocenters. The fraction of sp³-hybridized carbons (Fsp3) is 0.500. The second-order valence-corrected chi connectivity index (χ2v) is 16.9. The molecule has 3 unspecified atom stereocenters. The highest BCUT2D eigenvalue weighted by atomic mass is 32.7. The highest BCUT2D eigenvalue weighted by molar-refractivity contribution is 8.44. The van der Waals surface area contributed by atoms with Crippen LogP contribution in [0.3, 0.4) is 0 Å². The second kappa shape index (κ2) is 12.6. The molecule has 4 N–H and O–H groups in total. The average Bonchev–Trinajstić information content (AvgIpc) is 3.81. The Bertz CT molecular complexity index is 1850. The number of aliphatic hydroxyl groups excluding tert-OH is 2. The molecular weight excluding hydrogens is 714 g/mol. The molecule has 256 valence electrons. The van der Waals surface area contributed by atoms with Crippen LogP contribution in [0.1, 0.15) is 12.5 Å². The van der Waals surface area contributed by atoms with Crippen LogP contribution in [0.15, 0.2) is 37.5 Å². The van der Waals surface area contributed by atoms with E-state index in [2.05, 4.69) is 65.0 Å². The minimum Gasteiger partial charge on any atom is -0.387 e. The van der Waals surface area contributed by atoms with E-state index in [1.807, 2.05) is 12.2 Å². The predicted octanol–water partition coefficient (Wildman–Crippen LogP) is 1.47. The molecule has 0 aromatic carbocycles. The Hall–Kier alpha value is -2.72. The van der Waals surface area contributed by atoms with Crippen LogP contribution in [0.25, 0.3) is 22.3 Å². The van der Waals surface area contributed by atoms with Gasteiger partial charge >= 0.3 is 13.6 Å². The van der Waals surface area contributed by atoms with Gasteiger partial charge in [-0.1, -0.05) is 36.6 Å². The molecule has 4 aromatic heterocycles. The molecule has 0 spiro atoms. The molecule has 24 heteroatoms. The molecule has 0 aliphatic carbocycles. The number of imidazole rings is 2. The first kappa shape index (κ1) is 32.5. The van der Waals surface area contributed by atoms with Crippen LogP contribution in [0.2, 0.25) is 0 Å². The Labute approximate surface area is 281 Å². The van der Waals surface area contributed by atoms with Crippen molar-refractivity contribution in [2.24, 2.45) is 0 Å². The monoisotopic (exact) mass is 742 g/mol. The molecule has 3 saturated heterocycles. The SMILES string of the molecule is O=P1(S)OCC2O[C@@H]3[C@H](OP(=O)(S)OC[C@H]4O[C@H]([C@H](O1)[C@@H]4O)n1cnc4c(ncnc41)NC/C=C/CNc1ncnc4c1ncn43)[C@@H]2O. The Morgan fingerprint density at radius 3 is 1.58 bits per heavy atom. The molecule has 9 rings (SSSR count). The smallest absolute Gasteiger partial charge is 0.386 e. The molecule has 4 aromatic rings. The van der Waals surface area contributed by atoms with Crippen molar-refractivity contribution in [1.82, 2.24) is 39.0 Å². The zero-order valence-corrected chi connectivity index (χ0v) is 28.0. The topological polar surface area (TPSA) is 241 Å². The maximum atomic E-state index is 13.6. The Balaban J connectivity index is 1.25. The highest BCUT2D eigenvalue weighted by Gasteiger charge is 2.53. The summed E-state index contributed by atoms with van der Waals surface area (Å²) in [4.78, 5) is 26.2. The van der Waals surface area contributed by atoms with Crippen LogP contribution >= 0.6 is 38.1 Å². The Morgan fingerprint density at radius 1 is 0.708 bits per heavy atom. The maximum Gasteiger partial charge on any atom is 0.386 e. The van der Waals surface area contributed by atoms with Crippen molar-refractivity contribution in [3.63, 3.8) is 0 Å². The fourth-order valence-corrected chi connectivity index (χ4v) is 8.82. The van der Waals surface area contributed by atoms with Gasteiger partial charge in [-0.05, 0) is 0 Å². The van der Waals surface area contributed by atoms with Crippen molar-refractivity contribution in [1.29, 1.82) is 0 Å². The predicted molar refractivity (Wildman–Crippen MR) is 171 cm³/mol. The van der Waals surface area contributed by atoms with E-state index in [1.165, 1.54) is 34.4 Å². The number of nitrogens with one attached hydrogen (secondary N) is 2. The number of hydrogen-bond acceptors (Lipinski definition) is 18. The summed E-state index contributed by atoms with van der Waals surface area (Å²) in [5.41, 5.74) is 1.34. The minimum absolute atomic E-state index is 0.298. The summed E-state index contributed by atoms with van der Waals surface area (Å²) in [6.07, 6.45) is -1.38. The lowest BCUT2D eigenvalue weighted by atomic mass is 10.1. The average molecular weight is 743 g/mol. The van der Waals surface area contributed by atoms with Crippen LogP contribution in [-0.2, 0) is 36.7 Å². The van der Waals surface area contributed by atoms with Crippen molar-refractivity contribution >= 4 is 72.1 Å². The standard InChI is InChI=1S/C24H28N10O10P2S2/c35-15-11-5-39-46(38,48)44-18-16(36)12-6-40-45(37,47)43-17(15)23(41-11)33-9-31-13-19(27-7-29-21(13)33)25-3-1-2-4-26-20-14-22(30-8-28-20)34(10-32-14)24(18)42-12/h1-2,7-12,15-18,23-24,35-36H,3-6H2,(H,37,47)(H,38,48)(H,25,27,29)(H,26,28,30)/b2-1+/t11-,12?,15-,16-,17-,18-,23-,24-,45?,46?/m1/s1. The van der Waals surface area contributed by atoms with Gasteiger partial charge in [-0.3, -0.25) is 27.2 Å². The first-order valence-corrected chi connectivity index (χ1v) is 19.9. The van der Waals surface area contributed by atoms with Crippen LogP contribution in [-0.4, -0.2) is 112 Å². The molecule has 5 aliphatic heterocycles. The number of anilines is 2. The Kier molecular flexibility index (Phi) is 8.50. The normalized spacial score (nSPS) is 38.0. The van der Waals surface area contributed by atoms with E-state index in [1.54, 1.807) is 0 Å². The zero-order valence-electron chi connectivity index (χ0n) is 24.4. The van der Waals surface area contributed by atoms with Gasteiger partial charge in [-0.15, -0.1) is 0 Å². The third kappa shape index (κ3) is 5.92. The zero-order chi connectivity index (χ0) is 33.2. The van der Waals surface area contributed by atoms with Gasteiger partial charge in [0, 0.05) is 13.1 Å². The fourth-order valence-electron chi connectivity index (χ4n) is 5.90. The molecule has 0 saturated carbocycles. The molecule has 0 amide bonds. The number of aromatic nitrogens is 8. The van der Waals surface area contributed by atoms with Crippen molar-refractivity contribution < 1.29 is 46.9 Å². The first-order valence-electron chi connectivity index (χ1n) is 14.5. The molecule has 48 heavy (non-hydrogen) atoms. The minimum atomic E-state index is -4.30. The quantitative estimate of drug-likeness (QED) is 0.0849. The van der Waals surface area contributed by atoms with Crippen molar-refractivity contribution in [3.05, 3.63) is 37.5 Å². The second-order valence-electron chi connectivity index (χ2n) is 11.1. The summed E-state index contributed by atoms with van der Waals surface area (Å²) in [5.74, 6) is 0.825. The number of nitrogens with zero attached hydrogens (tertiary/aromatic N) is 8. The van der Waals surface area contributed by atoms with E-state index in [0.29, 0.717) is 47.1 Å². The molecule has 5 aliphatic rings. The summed E-state index contributed by atoms with van der Waals surface area (Å²) in [6.45, 7) is -8.88. The van der Waals surface area contributed by atoms with Crippen LogP contribution < -0.4 is 10.6 Å². The van der Waals surface area contributed by atoms with Gasteiger partial charge in [-0.2, -0.15) is 0 Å². The van der Waals surface area contributed by atoms with Crippen LogP contribution in [0, 0.1) is 0 Å². The lowest BCUT2D eigenvalue weighted by molar-refractivity contribution is -0.0584. The number of thiol groups is 2. The number of ether oxygens (including phenoxy) is 2. The van der Waals surface area contributed by atoms with Crippen molar-refractivity contribution in [2.75, 3.05) is 36.9 Å². The van der Waals surface area contributed by atoms with E-state index < -0.39 is 75.9 Å². The van der Waals surface area contributed by atoms with Crippen LogP contribution in [0.4, 0.5) is 11.6 Å².